The van der Waals surface area contributed by atoms with Gasteiger partial charge in [0.15, 0.2) is 5.60 Å². The van der Waals surface area contributed by atoms with Crippen molar-refractivity contribution in [3.05, 3.63) is 0 Å². The van der Waals surface area contributed by atoms with Crippen LogP contribution in [0.2, 0.25) is 0 Å². The second kappa shape index (κ2) is 7.08. The SMILES string of the molecule is CC(C)C(NC(=O)C12CC3CC(CC(C3)C1)C2)C(=O)NCC(C)(O)C(=O)O. The van der Waals surface area contributed by atoms with Gasteiger partial charge in [0, 0.05) is 5.41 Å². The minimum Gasteiger partial charge on any atom is -0.479 e. The molecule has 0 aliphatic heterocycles. The van der Waals surface area contributed by atoms with Crippen molar-refractivity contribution in [3.8, 4) is 0 Å². The van der Waals surface area contributed by atoms with Crippen molar-refractivity contribution in [2.24, 2.45) is 29.1 Å². The van der Waals surface area contributed by atoms with E-state index in [1.54, 1.807) is 0 Å². The quantitative estimate of drug-likeness (QED) is 0.531. The fraction of sp³-hybridized carbons (Fsp3) is 0.850. The molecule has 4 saturated carbocycles. The maximum absolute atomic E-state index is 13.2. The number of amides is 2. The van der Waals surface area contributed by atoms with Crippen LogP contribution in [0.1, 0.15) is 59.3 Å². The molecule has 4 fully saturated rings. The summed E-state index contributed by atoms with van der Waals surface area (Å²) in [6.07, 6.45) is 6.49. The maximum Gasteiger partial charge on any atom is 0.337 e. The Kier molecular flexibility index (Phi) is 5.27. The van der Waals surface area contributed by atoms with E-state index in [2.05, 4.69) is 10.6 Å². The summed E-state index contributed by atoms with van der Waals surface area (Å²) in [5, 5.41) is 24.2. The molecule has 2 unspecified atom stereocenters. The molecule has 2 atom stereocenters. The normalized spacial score (nSPS) is 34.8. The lowest BCUT2D eigenvalue weighted by molar-refractivity contribution is -0.156. The first-order valence-electron chi connectivity index (χ1n) is 10.1. The molecule has 7 heteroatoms. The van der Waals surface area contributed by atoms with Gasteiger partial charge in [0.1, 0.15) is 6.04 Å². The molecule has 0 saturated heterocycles. The topological polar surface area (TPSA) is 116 Å². The van der Waals surface area contributed by atoms with Gasteiger partial charge in [0.05, 0.1) is 6.54 Å². The van der Waals surface area contributed by atoms with Crippen LogP contribution >= 0.6 is 0 Å². The lowest BCUT2D eigenvalue weighted by atomic mass is 9.49. The lowest BCUT2D eigenvalue weighted by Crippen LogP contribution is -2.59. The summed E-state index contributed by atoms with van der Waals surface area (Å²) in [5.74, 6) is -0.110. The molecule has 4 aliphatic rings. The molecule has 0 radical (unpaired) electrons. The van der Waals surface area contributed by atoms with E-state index in [4.69, 9.17) is 5.11 Å². The number of rotatable bonds is 7. The Morgan fingerprint density at radius 1 is 1.07 bits per heavy atom. The zero-order valence-corrected chi connectivity index (χ0v) is 16.5. The molecule has 2 amide bonds. The van der Waals surface area contributed by atoms with Gasteiger partial charge in [-0.2, -0.15) is 0 Å². The van der Waals surface area contributed by atoms with Crippen molar-refractivity contribution in [2.75, 3.05) is 6.54 Å². The zero-order valence-electron chi connectivity index (χ0n) is 16.5. The van der Waals surface area contributed by atoms with Gasteiger partial charge in [0.2, 0.25) is 11.8 Å². The Morgan fingerprint density at radius 3 is 1.96 bits per heavy atom. The monoisotopic (exact) mass is 380 g/mol. The van der Waals surface area contributed by atoms with E-state index in [0.717, 1.165) is 26.2 Å². The number of nitrogens with one attached hydrogen (secondary N) is 2. The number of hydrogen-bond donors (Lipinski definition) is 4. The van der Waals surface area contributed by atoms with Gasteiger partial charge < -0.3 is 20.8 Å². The van der Waals surface area contributed by atoms with Gasteiger partial charge in [-0.25, -0.2) is 4.79 Å². The van der Waals surface area contributed by atoms with Crippen molar-refractivity contribution < 1.29 is 24.6 Å². The number of aliphatic hydroxyl groups is 1. The smallest absolute Gasteiger partial charge is 0.337 e. The number of carboxylic acids is 1. The zero-order chi connectivity index (χ0) is 20.0. The number of carboxylic acid groups (broad SMARTS) is 1. The molecule has 7 nitrogen and oxygen atoms in total. The van der Waals surface area contributed by atoms with Crippen LogP contribution in [0.3, 0.4) is 0 Å². The summed E-state index contributed by atoms with van der Waals surface area (Å²) < 4.78 is 0. The molecule has 4 N–H and O–H groups in total. The minimum absolute atomic E-state index is 0.0274. The van der Waals surface area contributed by atoms with Gasteiger partial charge in [-0.3, -0.25) is 9.59 Å². The van der Waals surface area contributed by atoms with E-state index in [1.165, 1.54) is 19.3 Å². The van der Waals surface area contributed by atoms with Crippen LogP contribution < -0.4 is 10.6 Å². The molecule has 4 bridgehead atoms. The molecule has 152 valence electrons. The second-order valence-electron chi connectivity index (χ2n) is 9.69. The highest BCUT2D eigenvalue weighted by Crippen LogP contribution is 2.60. The molecule has 0 aromatic rings. The highest BCUT2D eigenvalue weighted by atomic mass is 16.4. The van der Waals surface area contributed by atoms with Crippen LogP contribution in [-0.2, 0) is 14.4 Å². The van der Waals surface area contributed by atoms with Crippen molar-refractivity contribution >= 4 is 17.8 Å². The minimum atomic E-state index is -2.04. The van der Waals surface area contributed by atoms with Crippen LogP contribution in [0.5, 0.6) is 0 Å². The Balaban J connectivity index is 1.65. The molecule has 0 aromatic carbocycles. The van der Waals surface area contributed by atoms with E-state index in [1.807, 2.05) is 13.8 Å². The second-order valence-corrected chi connectivity index (χ2v) is 9.69. The number of carbonyl (C=O) groups is 3. The fourth-order valence-electron chi connectivity index (χ4n) is 5.66. The molecule has 0 heterocycles. The van der Waals surface area contributed by atoms with Crippen LogP contribution in [-0.4, -0.2) is 46.2 Å². The van der Waals surface area contributed by atoms with Crippen molar-refractivity contribution in [2.45, 2.75) is 70.9 Å². The predicted octanol–water partition coefficient (Wildman–Crippen LogP) is 1.30. The molecule has 4 aliphatic carbocycles. The molecule has 0 aromatic heterocycles. The van der Waals surface area contributed by atoms with E-state index in [-0.39, 0.29) is 17.2 Å². The number of carbonyl (C=O) groups excluding carboxylic acids is 2. The summed E-state index contributed by atoms with van der Waals surface area (Å²) in [6.45, 7) is 4.42. The Labute approximate surface area is 160 Å². The third kappa shape index (κ3) is 3.98. The molecule has 27 heavy (non-hydrogen) atoms. The Morgan fingerprint density at radius 2 is 1.56 bits per heavy atom. The van der Waals surface area contributed by atoms with Crippen LogP contribution in [0, 0.1) is 29.1 Å². The highest BCUT2D eigenvalue weighted by Gasteiger charge is 2.55. The third-order valence-corrected chi connectivity index (χ3v) is 6.82. The van der Waals surface area contributed by atoms with Gasteiger partial charge in [0.25, 0.3) is 0 Å². The van der Waals surface area contributed by atoms with E-state index in [9.17, 15) is 19.5 Å². The van der Waals surface area contributed by atoms with Crippen molar-refractivity contribution in [1.82, 2.24) is 10.6 Å². The predicted molar refractivity (Wildman–Crippen MR) is 98.6 cm³/mol. The summed E-state index contributed by atoms with van der Waals surface area (Å²) in [6, 6.07) is -0.741. The van der Waals surface area contributed by atoms with Crippen LogP contribution in [0.25, 0.3) is 0 Å². The summed E-state index contributed by atoms with van der Waals surface area (Å²) in [5.41, 5.74) is -2.38. The van der Waals surface area contributed by atoms with E-state index >= 15 is 0 Å². The molecular weight excluding hydrogens is 348 g/mol. The lowest BCUT2D eigenvalue weighted by Gasteiger charge is -2.55. The summed E-state index contributed by atoms with van der Waals surface area (Å²) in [7, 11) is 0. The van der Waals surface area contributed by atoms with Gasteiger partial charge in [-0.05, 0) is 69.1 Å². The average molecular weight is 380 g/mol. The number of hydrogen-bond acceptors (Lipinski definition) is 4. The van der Waals surface area contributed by atoms with E-state index < -0.39 is 30.1 Å². The van der Waals surface area contributed by atoms with E-state index in [0.29, 0.717) is 17.8 Å². The Hall–Kier alpha value is -1.63. The first-order chi connectivity index (χ1) is 12.5. The standard InChI is InChI=1S/C20H32N2O5/c1-11(2)15(16(23)21-10-19(3,27)18(25)26)22-17(24)20-7-12-4-13(8-20)6-14(5-12)9-20/h11-15,27H,4-10H2,1-3H3,(H,21,23)(H,22,24)(H,25,26). The largest absolute Gasteiger partial charge is 0.479 e. The van der Waals surface area contributed by atoms with Crippen molar-refractivity contribution in [3.63, 3.8) is 0 Å². The molecule has 4 rings (SSSR count). The first kappa shape index (κ1) is 20.1. The molecule has 0 spiro atoms. The Bertz CT molecular complexity index is 593. The highest BCUT2D eigenvalue weighted by molar-refractivity contribution is 5.91. The maximum atomic E-state index is 13.2. The molecular formula is C20H32N2O5. The van der Waals surface area contributed by atoms with Gasteiger partial charge in [-0.1, -0.05) is 13.8 Å². The fourth-order valence-corrected chi connectivity index (χ4v) is 5.66. The van der Waals surface area contributed by atoms with Crippen molar-refractivity contribution in [1.29, 1.82) is 0 Å². The number of aliphatic carboxylic acids is 1. The average Bonchev–Trinajstić information content (AvgIpc) is 2.55. The summed E-state index contributed by atoms with van der Waals surface area (Å²) >= 11 is 0. The van der Waals surface area contributed by atoms with Gasteiger partial charge in [-0.15, -0.1) is 0 Å². The first-order valence-corrected chi connectivity index (χ1v) is 10.1. The van der Waals surface area contributed by atoms with Crippen LogP contribution in [0.15, 0.2) is 0 Å². The van der Waals surface area contributed by atoms with Crippen LogP contribution in [0.4, 0.5) is 0 Å². The summed E-state index contributed by atoms with van der Waals surface area (Å²) in [4.78, 5) is 36.8. The van der Waals surface area contributed by atoms with Gasteiger partial charge >= 0.3 is 5.97 Å². The third-order valence-electron chi connectivity index (χ3n) is 6.82.